The molecule has 1 aliphatic rings. The molecule has 0 saturated carbocycles. The summed E-state index contributed by atoms with van der Waals surface area (Å²) in [5, 5.41) is 4.75. The first-order valence-electron chi connectivity index (χ1n) is 7.60. The molecule has 0 bridgehead atoms. The first-order chi connectivity index (χ1) is 10.6. The van der Waals surface area contributed by atoms with Crippen LogP contribution in [0.4, 0.5) is 0 Å². The van der Waals surface area contributed by atoms with Gasteiger partial charge in [-0.15, -0.1) is 0 Å². The minimum absolute atomic E-state index is 0.380. The second-order valence-corrected chi connectivity index (χ2v) is 7.69. The third-order valence-electron chi connectivity index (χ3n) is 4.23. The van der Waals surface area contributed by atoms with Crippen LogP contribution in [0.25, 0.3) is 10.8 Å². The molecule has 1 atom stereocenters. The van der Waals surface area contributed by atoms with E-state index in [-0.39, 0.29) is 0 Å². The number of hydrogen-bond donors (Lipinski definition) is 1. The number of aromatic nitrogens is 1. The number of sulfonamides is 1. The van der Waals surface area contributed by atoms with Crippen LogP contribution in [0.3, 0.4) is 0 Å². The smallest absolute Gasteiger partial charge is 0.243 e. The van der Waals surface area contributed by atoms with E-state index >= 15 is 0 Å². The number of fused-ring (bicyclic) bond motifs is 1. The quantitative estimate of drug-likeness (QED) is 0.934. The number of benzene rings is 1. The van der Waals surface area contributed by atoms with Crippen molar-refractivity contribution in [2.75, 3.05) is 26.7 Å². The average molecular weight is 319 g/mol. The molecule has 0 spiro atoms. The molecule has 5 nitrogen and oxygen atoms in total. The molecule has 22 heavy (non-hydrogen) atoms. The van der Waals surface area contributed by atoms with E-state index in [0.29, 0.717) is 23.9 Å². The first-order valence-corrected chi connectivity index (χ1v) is 9.04. The van der Waals surface area contributed by atoms with Crippen LogP contribution >= 0.6 is 0 Å². The number of rotatable bonds is 4. The third-order valence-corrected chi connectivity index (χ3v) is 6.16. The van der Waals surface area contributed by atoms with Crippen LogP contribution in [0.5, 0.6) is 0 Å². The molecule has 3 rings (SSSR count). The van der Waals surface area contributed by atoms with E-state index in [4.69, 9.17) is 0 Å². The Hall–Kier alpha value is -1.50. The summed E-state index contributed by atoms with van der Waals surface area (Å²) in [5.41, 5.74) is 0. The van der Waals surface area contributed by atoms with E-state index in [9.17, 15) is 8.42 Å². The van der Waals surface area contributed by atoms with Gasteiger partial charge in [0, 0.05) is 36.3 Å². The number of nitrogens with one attached hydrogen (secondary N) is 1. The van der Waals surface area contributed by atoms with E-state index < -0.39 is 10.0 Å². The summed E-state index contributed by atoms with van der Waals surface area (Å²) in [7, 11) is -1.55. The second kappa shape index (κ2) is 6.32. The van der Waals surface area contributed by atoms with Gasteiger partial charge in [-0.25, -0.2) is 8.42 Å². The van der Waals surface area contributed by atoms with Crippen molar-refractivity contribution in [1.82, 2.24) is 14.6 Å². The highest BCUT2D eigenvalue weighted by Gasteiger charge is 2.30. The summed E-state index contributed by atoms with van der Waals surface area (Å²) in [6.07, 6.45) is 5.33. The predicted molar refractivity (Wildman–Crippen MR) is 87.2 cm³/mol. The maximum atomic E-state index is 13.0. The number of hydrogen-bond acceptors (Lipinski definition) is 4. The van der Waals surface area contributed by atoms with Crippen LogP contribution < -0.4 is 5.32 Å². The fourth-order valence-corrected chi connectivity index (χ4v) is 4.93. The van der Waals surface area contributed by atoms with Crippen LogP contribution in [0.15, 0.2) is 41.6 Å². The summed E-state index contributed by atoms with van der Waals surface area (Å²) in [4.78, 5) is 4.45. The summed E-state index contributed by atoms with van der Waals surface area (Å²) < 4.78 is 27.7. The van der Waals surface area contributed by atoms with Gasteiger partial charge in [-0.05, 0) is 44.5 Å². The van der Waals surface area contributed by atoms with Crippen LogP contribution in [-0.4, -0.2) is 44.4 Å². The topological polar surface area (TPSA) is 62.3 Å². The molecule has 1 aromatic carbocycles. The summed E-state index contributed by atoms with van der Waals surface area (Å²) in [6.45, 7) is 2.04. The van der Waals surface area contributed by atoms with Gasteiger partial charge in [-0.2, -0.15) is 4.31 Å². The second-order valence-electron chi connectivity index (χ2n) is 5.78. The Morgan fingerprint density at radius 3 is 3.05 bits per heavy atom. The highest BCUT2D eigenvalue weighted by molar-refractivity contribution is 7.89. The van der Waals surface area contributed by atoms with Gasteiger partial charge in [0.05, 0.1) is 4.90 Å². The van der Waals surface area contributed by atoms with Gasteiger partial charge in [0.1, 0.15) is 0 Å². The van der Waals surface area contributed by atoms with Gasteiger partial charge in [0.25, 0.3) is 0 Å². The van der Waals surface area contributed by atoms with Gasteiger partial charge in [0.2, 0.25) is 10.0 Å². The number of piperidine rings is 1. The van der Waals surface area contributed by atoms with Crippen LogP contribution in [0, 0.1) is 5.92 Å². The van der Waals surface area contributed by atoms with Crippen LogP contribution in [0.1, 0.15) is 12.8 Å². The van der Waals surface area contributed by atoms with Gasteiger partial charge in [0.15, 0.2) is 0 Å². The van der Waals surface area contributed by atoms with E-state index in [2.05, 4.69) is 10.3 Å². The van der Waals surface area contributed by atoms with Crippen molar-refractivity contribution in [3.05, 3.63) is 36.7 Å². The van der Waals surface area contributed by atoms with Gasteiger partial charge in [-0.3, -0.25) is 4.98 Å². The molecular formula is C16H21N3O2S. The molecule has 1 aliphatic heterocycles. The Morgan fingerprint density at radius 2 is 2.23 bits per heavy atom. The van der Waals surface area contributed by atoms with Gasteiger partial charge in [-0.1, -0.05) is 12.1 Å². The molecule has 0 unspecified atom stereocenters. The maximum absolute atomic E-state index is 13.0. The molecular weight excluding hydrogens is 298 g/mol. The Morgan fingerprint density at radius 1 is 1.36 bits per heavy atom. The zero-order valence-electron chi connectivity index (χ0n) is 12.7. The van der Waals surface area contributed by atoms with Crippen molar-refractivity contribution >= 4 is 20.8 Å². The third kappa shape index (κ3) is 2.86. The predicted octanol–water partition coefficient (Wildman–Crippen LogP) is 1.85. The van der Waals surface area contributed by atoms with E-state index in [1.807, 2.05) is 13.1 Å². The minimum Gasteiger partial charge on any atom is -0.319 e. The van der Waals surface area contributed by atoms with Crippen LogP contribution in [0.2, 0.25) is 0 Å². The Bertz CT molecular complexity index is 754. The Kier molecular flexibility index (Phi) is 4.42. The lowest BCUT2D eigenvalue weighted by molar-refractivity contribution is 0.263. The zero-order valence-corrected chi connectivity index (χ0v) is 13.5. The molecule has 2 heterocycles. The number of nitrogens with zero attached hydrogens (tertiary/aromatic N) is 2. The summed E-state index contributed by atoms with van der Waals surface area (Å²) >= 11 is 0. The standard InChI is InChI=1S/C16H21N3O2S/c1-17-10-13-4-3-9-19(12-13)22(20,21)16-6-2-5-14-11-18-8-7-15(14)16/h2,5-8,11,13,17H,3-4,9-10,12H2,1H3/t13-/m0/s1. The van der Waals surface area contributed by atoms with E-state index in [0.717, 1.165) is 30.2 Å². The van der Waals surface area contributed by atoms with Crippen molar-refractivity contribution in [3.63, 3.8) is 0 Å². The highest BCUT2D eigenvalue weighted by Crippen LogP contribution is 2.28. The molecule has 1 saturated heterocycles. The SMILES string of the molecule is CNC[C@@H]1CCCN(S(=O)(=O)c2cccc3cnccc23)C1. The lowest BCUT2D eigenvalue weighted by Gasteiger charge is -2.32. The Balaban J connectivity index is 1.98. The van der Waals surface area contributed by atoms with Crippen LogP contribution in [-0.2, 0) is 10.0 Å². The normalized spacial score (nSPS) is 20.3. The van der Waals surface area contributed by atoms with Crippen molar-refractivity contribution in [1.29, 1.82) is 0 Å². The van der Waals surface area contributed by atoms with Gasteiger partial charge >= 0.3 is 0 Å². The molecule has 118 valence electrons. The Labute approximate surface area is 131 Å². The molecule has 0 aliphatic carbocycles. The van der Waals surface area contributed by atoms with Crippen molar-refractivity contribution in [3.8, 4) is 0 Å². The van der Waals surface area contributed by atoms with Crippen molar-refractivity contribution in [2.24, 2.45) is 5.92 Å². The molecule has 2 aromatic rings. The average Bonchev–Trinajstić information content (AvgIpc) is 2.55. The molecule has 1 aromatic heterocycles. The summed E-state index contributed by atoms with van der Waals surface area (Å²) in [5.74, 6) is 0.380. The molecule has 1 fully saturated rings. The van der Waals surface area contributed by atoms with E-state index in [1.165, 1.54) is 0 Å². The fourth-order valence-electron chi connectivity index (χ4n) is 3.16. The summed E-state index contributed by atoms with van der Waals surface area (Å²) in [6, 6.07) is 7.14. The van der Waals surface area contributed by atoms with Crippen molar-refractivity contribution in [2.45, 2.75) is 17.7 Å². The molecule has 0 radical (unpaired) electrons. The molecule has 6 heteroatoms. The number of pyridine rings is 1. The van der Waals surface area contributed by atoms with E-state index in [1.54, 1.807) is 34.9 Å². The monoisotopic (exact) mass is 319 g/mol. The maximum Gasteiger partial charge on any atom is 0.243 e. The fraction of sp³-hybridized carbons (Fsp3) is 0.438. The largest absolute Gasteiger partial charge is 0.319 e. The van der Waals surface area contributed by atoms with Gasteiger partial charge < -0.3 is 5.32 Å². The highest BCUT2D eigenvalue weighted by atomic mass is 32.2. The first kappa shape index (κ1) is 15.4. The minimum atomic E-state index is -3.46. The van der Waals surface area contributed by atoms with Crippen molar-refractivity contribution < 1.29 is 8.42 Å². The lowest BCUT2D eigenvalue weighted by Crippen LogP contribution is -2.42. The zero-order chi connectivity index (χ0) is 15.6. The molecule has 1 N–H and O–H groups in total. The molecule has 0 amide bonds. The lowest BCUT2D eigenvalue weighted by atomic mass is 10.00.